The molecule has 0 atom stereocenters. The third-order valence-electron chi connectivity index (χ3n) is 5.10. The number of amides is 2. The lowest BCUT2D eigenvalue weighted by molar-refractivity contribution is -0.143. The lowest BCUT2D eigenvalue weighted by atomic mass is 9.97. The summed E-state index contributed by atoms with van der Waals surface area (Å²) < 4.78 is 0. The Kier molecular flexibility index (Phi) is 4.32. The molecule has 1 aliphatic heterocycles. The predicted octanol–water partition coefficient (Wildman–Crippen LogP) is 2.40. The van der Waals surface area contributed by atoms with Gasteiger partial charge in [-0.15, -0.1) is 0 Å². The first-order valence-electron chi connectivity index (χ1n) is 8.48. The molecule has 4 heteroatoms. The van der Waals surface area contributed by atoms with Gasteiger partial charge in [0.05, 0.1) is 0 Å². The molecule has 0 aromatic carbocycles. The van der Waals surface area contributed by atoms with Crippen LogP contribution in [0.1, 0.15) is 57.8 Å². The van der Waals surface area contributed by atoms with Crippen LogP contribution in [0.5, 0.6) is 0 Å². The molecule has 0 radical (unpaired) electrons. The normalized spacial score (nSPS) is 23.6. The van der Waals surface area contributed by atoms with Crippen LogP contribution < -0.4 is 5.32 Å². The highest BCUT2D eigenvalue weighted by atomic mass is 16.2. The minimum Gasteiger partial charge on any atom is -0.355 e. The van der Waals surface area contributed by atoms with Crippen LogP contribution in [0, 0.1) is 5.41 Å². The van der Waals surface area contributed by atoms with Crippen molar-refractivity contribution in [2.24, 2.45) is 5.41 Å². The van der Waals surface area contributed by atoms with Gasteiger partial charge in [0.1, 0.15) is 5.41 Å². The van der Waals surface area contributed by atoms with E-state index in [2.05, 4.69) is 11.4 Å². The molecule has 0 aromatic rings. The van der Waals surface area contributed by atoms with Crippen molar-refractivity contribution in [1.82, 2.24) is 10.2 Å². The molecule has 0 bridgehead atoms. The molecule has 2 amide bonds. The fraction of sp³-hybridized carbons (Fsp3) is 0.765. The molecular weight excluding hydrogens is 264 g/mol. The Morgan fingerprint density at radius 3 is 2.52 bits per heavy atom. The summed E-state index contributed by atoms with van der Waals surface area (Å²) in [7, 11) is 0. The lowest BCUT2D eigenvalue weighted by Crippen LogP contribution is -2.44. The molecule has 4 nitrogen and oxygen atoms in total. The number of nitrogens with zero attached hydrogens (tertiary/aromatic N) is 1. The number of rotatable bonds is 5. The summed E-state index contributed by atoms with van der Waals surface area (Å²) in [6.45, 7) is 2.35. The molecule has 0 spiro atoms. The summed E-state index contributed by atoms with van der Waals surface area (Å²) >= 11 is 0. The second kappa shape index (κ2) is 6.20. The van der Waals surface area contributed by atoms with Gasteiger partial charge in [0.15, 0.2) is 0 Å². The maximum absolute atomic E-state index is 12.5. The molecule has 1 saturated carbocycles. The molecule has 1 N–H and O–H groups in total. The van der Waals surface area contributed by atoms with Crippen LogP contribution in [0.15, 0.2) is 11.6 Å². The van der Waals surface area contributed by atoms with Gasteiger partial charge < -0.3 is 10.2 Å². The molecule has 3 rings (SSSR count). The van der Waals surface area contributed by atoms with Crippen LogP contribution in [0.25, 0.3) is 0 Å². The Hall–Kier alpha value is -1.32. The Morgan fingerprint density at radius 1 is 1.14 bits per heavy atom. The van der Waals surface area contributed by atoms with Crippen molar-refractivity contribution < 1.29 is 9.59 Å². The first-order chi connectivity index (χ1) is 10.2. The third-order valence-corrected chi connectivity index (χ3v) is 5.10. The minimum absolute atomic E-state index is 0.0317. The lowest BCUT2D eigenvalue weighted by Gasteiger charge is -2.22. The Balaban J connectivity index is 1.48. The molecule has 1 saturated heterocycles. The van der Waals surface area contributed by atoms with Crippen LogP contribution in [-0.2, 0) is 9.59 Å². The van der Waals surface area contributed by atoms with E-state index in [9.17, 15) is 9.59 Å². The van der Waals surface area contributed by atoms with E-state index in [1.807, 2.05) is 4.90 Å². The van der Waals surface area contributed by atoms with Gasteiger partial charge in [0, 0.05) is 19.6 Å². The van der Waals surface area contributed by atoms with E-state index in [1.165, 1.54) is 31.3 Å². The Labute approximate surface area is 127 Å². The average Bonchev–Trinajstić information content (AvgIpc) is 3.15. The van der Waals surface area contributed by atoms with Gasteiger partial charge in [-0.25, -0.2) is 0 Å². The Morgan fingerprint density at radius 2 is 1.90 bits per heavy atom. The monoisotopic (exact) mass is 290 g/mol. The summed E-state index contributed by atoms with van der Waals surface area (Å²) in [4.78, 5) is 26.8. The van der Waals surface area contributed by atoms with Crippen molar-refractivity contribution in [3.8, 4) is 0 Å². The van der Waals surface area contributed by atoms with E-state index in [0.29, 0.717) is 6.54 Å². The summed E-state index contributed by atoms with van der Waals surface area (Å²) in [5.41, 5.74) is 0.767. The molecule has 3 aliphatic rings. The van der Waals surface area contributed by atoms with Crippen LogP contribution in [0.2, 0.25) is 0 Å². The zero-order chi connectivity index (χ0) is 14.7. The van der Waals surface area contributed by atoms with Crippen molar-refractivity contribution in [2.75, 3.05) is 19.6 Å². The fourth-order valence-corrected chi connectivity index (χ4v) is 3.52. The van der Waals surface area contributed by atoms with Gasteiger partial charge in [0.25, 0.3) is 0 Å². The standard InChI is InChI=1S/C17H26N2O2/c20-15(18-11-8-14-6-2-1-3-7-14)17(9-10-17)16(21)19-12-4-5-13-19/h6H,1-5,7-13H2,(H,18,20). The quantitative estimate of drug-likeness (QED) is 0.624. The average molecular weight is 290 g/mol. The number of allylic oxidation sites excluding steroid dienone is 1. The second-order valence-electron chi connectivity index (χ2n) is 6.70. The first-order valence-corrected chi connectivity index (χ1v) is 8.48. The SMILES string of the molecule is O=C(NCCC1=CCCCC1)C1(C(=O)N2CCCC2)CC1. The van der Waals surface area contributed by atoms with Crippen molar-refractivity contribution in [2.45, 2.75) is 57.8 Å². The zero-order valence-corrected chi connectivity index (χ0v) is 12.8. The number of carbonyl (C=O) groups is 2. The molecule has 1 heterocycles. The number of carbonyl (C=O) groups excluding carboxylic acids is 2. The highest BCUT2D eigenvalue weighted by molar-refractivity contribution is 6.07. The van der Waals surface area contributed by atoms with E-state index in [4.69, 9.17) is 0 Å². The third kappa shape index (κ3) is 3.14. The van der Waals surface area contributed by atoms with Crippen LogP contribution in [-0.4, -0.2) is 36.3 Å². The summed E-state index contributed by atoms with van der Waals surface area (Å²) in [5.74, 6) is 0.0465. The van der Waals surface area contributed by atoms with Crippen LogP contribution >= 0.6 is 0 Å². The van der Waals surface area contributed by atoms with E-state index in [0.717, 1.165) is 45.2 Å². The molecule has 0 unspecified atom stereocenters. The molecule has 21 heavy (non-hydrogen) atoms. The van der Waals surface area contributed by atoms with Crippen molar-refractivity contribution >= 4 is 11.8 Å². The number of nitrogens with one attached hydrogen (secondary N) is 1. The molecule has 116 valence electrons. The van der Waals surface area contributed by atoms with Crippen LogP contribution in [0.4, 0.5) is 0 Å². The van der Waals surface area contributed by atoms with Gasteiger partial charge in [-0.2, -0.15) is 0 Å². The zero-order valence-electron chi connectivity index (χ0n) is 12.8. The van der Waals surface area contributed by atoms with Crippen molar-refractivity contribution in [3.05, 3.63) is 11.6 Å². The summed E-state index contributed by atoms with van der Waals surface area (Å²) in [6.07, 6.45) is 11.8. The van der Waals surface area contributed by atoms with E-state index in [1.54, 1.807) is 0 Å². The van der Waals surface area contributed by atoms with Gasteiger partial charge in [-0.05, 0) is 57.8 Å². The summed E-state index contributed by atoms with van der Waals surface area (Å²) in [5, 5.41) is 3.01. The maximum Gasteiger partial charge on any atom is 0.238 e. The highest BCUT2D eigenvalue weighted by Gasteiger charge is 2.57. The molecule has 2 aliphatic carbocycles. The number of hydrogen-bond donors (Lipinski definition) is 1. The Bertz CT molecular complexity index is 446. The van der Waals surface area contributed by atoms with Gasteiger partial charge in [-0.3, -0.25) is 9.59 Å². The van der Waals surface area contributed by atoms with E-state index >= 15 is 0 Å². The highest BCUT2D eigenvalue weighted by Crippen LogP contribution is 2.48. The molecule has 0 aromatic heterocycles. The smallest absolute Gasteiger partial charge is 0.238 e. The maximum atomic E-state index is 12.5. The first kappa shape index (κ1) is 14.6. The molecular formula is C17H26N2O2. The van der Waals surface area contributed by atoms with E-state index in [-0.39, 0.29) is 11.8 Å². The largest absolute Gasteiger partial charge is 0.355 e. The topological polar surface area (TPSA) is 49.4 Å². The van der Waals surface area contributed by atoms with E-state index < -0.39 is 5.41 Å². The number of likely N-dealkylation sites (tertiary alicyclic amines) is 1. The minimum atomic E-state index is -0.703. The van der Waals surface area contributed by atoms with Crippen molar-refractivity contribution in [3.63, 3.8) is 0 Å². The number of hydrogen-bond acceptors (Lipinski definition) is 2. The van der Waals surface area contributed by atoms with Gasteiger partial charge >= 0.3 is 0 Å². The fourth-order valence-electron chi connectivity index (χ4n) is 3.52. The summed E-state index contributed by atoms with van der Waals surface area (Å²) in [6, 6.07) is 0. The van der Waals surface area contributed by atoms with Crippen molar-refractivity contribution in [1.29, 1.82) is 0 Å². The second-order valence-corrected chi connectivity index (χ2v) is 6.70. The van der Waals surface area contributed by atoms with Crippen LogP contribution in [0.3, 0.4) is 0 Å². The van der Waals surface area contributed by atoms with Gasteiger partial charge in [0.2, 0.25) is 11.8 Å². The predicted molar refractivity (Wildman–Crippen MR) is 81.7 cm³/mol. The molecule has 2 fully saturated rings. The van der Waals surface area contributed by atoms with Gasteiger partial charge in [-0.1, -0.05) is 11.6 Å².